The van der Waals surface area contributed by atoms with E-state index in [4.69, 9.17) is 16.0 Å². The minimum atomic E-state index is -0.616. The molecular formula is C15H9ClFN3O3S. The molecule has 0 saturated heterocycles. The van der Waals surface area contributed by atoms with Gasteiger partial charge in [-0.3, -0.25) is 10.1 Å². The normalized spacial score (nSPS) is 10.8. The van der Waals surface area contributed by atoms with Gasteiger partial charge in [0.2, 0.25) is 0 Å². The molecule has 3 aromatic rings. The van der Waals surface area contributed by atoms with Crippen molar-refractivity contribution in [2.75, 3.05) is 0 Å². The van der Waals surface area contributed by atoms with Gasteiger partial charge in [-0.15, -0.1) is 10.2 Å². The van der Waals surface area contributed by atoms with E-state index in [1.807, 2.05) is 0 Å². The third-order valence-corrected chi connectivity index (χ3v) is 4.28. The summed E-state index contributed by atoms with van der Waals surface area (Å²) in [5.74, 6) is -0.0894. The fourth-order valence-electron chi connectivity index (χ4n) is 1.90. The molecule has 2 aromatic carbocycles. The number of hydrogen-bond donors (Lipinski definition) is 0. The molecule has 1 heterocycles. The topological polar surface area (TPSA) is 82.1 Å². The molecule has 0 atom stereocenters. The van der Waals surface area contributed by atoms with Crippen LogP contribution in [0.4, 0.5) is 10.1 Å². The van der Waals surface area contributed by atoms with E-state index in [1.54, 1.807) is 18.2 Å². The van der Waals surface area contributed by atoms with E-state index in [0.29, 0.717) is 5.75 Å². The Balaban J connectivity index is 1.70. The Kier molecular flexibility index (Phi) is 4.77. The zero-order chi connectivity index (χ0) is 17.1. The first-order chi connectivity index (χ1) is 11.5. The zero-order valence-electron chi connectivity index (χ0n) is 12.0. The van der Waals surface area contributed by atoms with Crippen molar-refractivity contribution in [3.8, 4) is 11.5 Å². The number of aromatic nitrogens is 2. The fraction of sp³-hybridized carbons (Fsp3) is 0.0667. The lowest BCUT2D eigenvalue weighted by Crippen LogP contribution is -1.88. The molecule has 0 fully saturated rings. The predicted octanol–water partition coefficient (Wildman–Crippen LogP) is 4.73. The number of non-ortho nitro benzene ring substituents is 1. The van der Waals surface area contributed by atoms with Gasteiger partial charge in [0.1, 0.15) is 0 Å². The molecule has 0 radical (unpaired) electrons. The van der Waals surface area contributed by atoms with E-state index in [0.717, 1.165) is 5.56 Å². The smallest absolute Gasteiger partial charge is 0.277 e. The van der Waals surface area contributed by atoms with Crippen LogP contribution in [0.1, 0.15) is 5.56 Å². The largest absolute Gasteiger partial charge is 0.411 e. The summed E-state index contributed by atoms with van der Waals surface area (Å²) in [5, 5.41) is 18.5. The van der Waals surface area contributed by atoms with E-state index in [9.17, 15) is 14.5 Å². The number of nitro benzene ring substituents is 1. The number of hydrogen-bond acceptors (Lipinski definition) is 6. The van der Waals surface area contributed by atoms with Crippen LogP contribution in [0.5, 0.6) is 0 Å². The second-order valence-electron chi connectivity index (χ2n) is 4.69. The Morgan fingerprint density at radius 1 is 1.21 bits per heavy atom. The molecule has 0 aliphatic rings. The van der Waals surface area contributed by atoms with Gasteiger partial charge < -0.3 is 4.42 Å². The summed E-state index contributed by atoms with van der Waals surface area (Å²) in [4.78, 5) is 10.1. The summed E-state index contributed by atoms with van der Waals surface area (Å²) >= 11 is 6.98. The van der Waals surface area contributed by atoms with Crippen LogP contribution >= 0.6 is 23.4 Å². The highest BCUT2D eigenvalue weighted by atomic mass is 35.5. The summed E-state index contributed by atoms with van der Waals surface area (Å²) in [6.45, 7) is 0. The first-order valence-corrected chi connectivity index (χ1v) is 8.05. The van der Waals surface area contributed by atoms with Crippen LogP contribution in [0.3, 0.4) is 0 Å². The lowest BCUT2D eigenvalue weighted by Gasteiger charge is -1.99. The van der Waals surface area contributed by atoms with Crippen molar-refractivity contribution in [3.63, 3.8) is 0 Å². The molecule has 9 heteroatoms. The Morgan fingerprint density at radius 3 is 2.67 bits per heavy atom. The predicted molar refractivity (Wildman–Crippen MR) is 87.4 cm³/mol. The number of nitro groups is 1. The van der Waals surface area contributed by atoms with Gasteiger partial charge in [0.05, 0.1) is 15.5 Å². The number of nitrogens with zero attached hydrogens (tertiary/aromatic N) is 3. The maximum absolute atomic E-state index is 13.9. The van der Waals surface area contributed by atoms with Crippen LogP contribution in [0.25, 0.3) is 11.5 Å². The zero-order valence-corrected chi connectivity index (χ0v) is 13.6. The van der Waals surface area contributed by atoms with Crippen LogP contribution in [0.15, 0.2) is 52.1 Å². The molecular weight excluding hydrogens is 357 g/mol. The molecule has 0 amide bonds. The van der Waals surface area contributed by atoms with Crippen molar-refractivity contribution in [1.29, 1.82) is 0 Å². The molecule has 1 aromatic heterocycles. The van der Waals surface area contributed by atoms with Gasteiger partial charge >= 0.3 is 0 Å². The summed E-state index contributed by atoms with van der Waals surface area (Å²) < 4.78 is 19.4. The average molecular weight is 366 g/mol. The van der Waals surface area contributed by atoms with Gasteiger partial charge in [-0.1, -0.05) is 41.6 Å². The Bertz CT molecular complexity index is 886. The van der Waals surface area contributed by atoms with Gasteiger partial charge in [0.15, 0.2) is 5.82 Å². The maximum atomic E-state index is 13.9. The van der Waals surface area contributed by atoms with Crippen molar-refractivity contribution < 1.29 is 13.7 Å². The summed E-state index contributed by atoms with van der Waals surface area (Å²) in [7, 11) is 0. The van der Waals surface area contributed by atoms with E-state index in [1.165, 1.54) is 36.0 Å². The van der Waals surface area contributed by atoms with E-state index < -0.39 is 10.7 Å². The van der Waals surface area contributed by atoms with Crippen LogP contribution in [0.2, 0.25) is 5.02 Å². The highest BCUT2D eigenvalue weighted by Crippen LogP contribution is 2.29. The highest BCUT2D eigenvalue weighted by Gasteiger charge is 2.15. The molecule has 6 nitrogen and oxygen atoms in total. The van der Waals surface area contributed by atoms with Crippen molar-refractivity contribution in [3.05, 3.63) is 69.0 Å². The summed E-state index contributed by atoms with van der Waals surface area (Å²) in [5.41, 5.74) is 1.02. The standard InChI is InChI=1S/C15H9ClFN3O3S/c16-12-3-1-2-11(13(12)17)14-18-19-15(23-14)24-8-9-4-6-10(7-5-9)20(21)22/h1-7H,8H2. The molecule has 0 aliphatic carbocycles. The highest BCUT2D eigenvalue weighted by molar-refractivity contribution is 7.98. The fourth-order valence-corrected chi connectivity index (χ4v) is 2.80. The number of rotatable bonds is 5. The second kappa shape index (κ2) is 6.98. The molecule has 24 heavy (non-hydrogen) atoms. The van der Waals surface area contributed by atoms with E-state index >= 15 is 0 Å². The Hall–Kier alpha value is -2.45. The average Bonchev–Trinajstić information content (AvgIpc) is 3.04. The van der Waals surface area contributed by atoms with Gasteiger partial charge in [-0.2, -0.15) is 0 Å². The van der Waals surface area contributed by atoms with Crippen molar-refractivity contribution in [2.45, 2.75) is 11.0 Å². The first-order valence-electron chi connectivity index (χ1n) is 6.68. The lowest BCUT2D eigenvalue weighted by atomic mass is 10.2. The van der Waals surface area contributed by atoms with Gasteiger partial charge in [-0.25, -0.2) is 4.39 Å². The van der Waals surface area contributed by atoms with E-state index in [-0.39, 0.29) is 27.4 Å². The van der Waals surface area contributed by atoms with Crippen molar-refractivity contribution >= 4 is 29.1 Å². The second-order valence-corrected chi connectivity index (χ2v) is 6.02. The quantitative estimate of drug-likeness (QED) is 0.369. The molecule has 0 saturated carbocycles. The molecule has 122 valence electrons. The monoisotopic (exact) mass is 365 g/mol. The third kappa shape index (κ3) is 3.55. The van der Waals surface area contributed by atoms with Crippen LogP contribution in [-0.2, 0) is 5.75 Å². The molecule has 3 rings (SSSR count). The number of thioether (sulfide) groups is 1. The third-order valence-electron chi connectivity index (χ3n) is 3.10. The van der Waals surface area contributed by atoms with Gasteiger partial charge in [-0.05, 0) is 17.7 Å². The SMILES string of the molecule is O=[N+]([O-])c1ccc(CSc2nnc(-c3cccc(Cl)c3F)o2)cc1. The summed E-state index contributed by atoms with van der Waals surface area (Å²) in [6, 6.07) is 10.7. The summed E-state index contributed by atoms with van der Waals surface area (Å²) in [6.07, 6.45) is 0. The van der Waals surface area contributed by atoms with Crippen LogP contribution < -0.4 is 0 Å². The molecule has 0 unspecified atom stereocenters. The first kappa shape index (κ1) is 16.4. The molecule has 0 aliphatic heterocycles. The number of benzene rings is 2. The van der Waals surface area contributed by atoms with Crippen LogP contribution in [-0.4, -0.2) is 15.1 Å². The van der Waals surface area contributed by atoms with E-state index in [2.05, 4.69) is 10.2 Å². The van der Waals surface area contributed by atoms with Crippen molar-refractivity contribution in [1.82, 2.24) is 10.2 Å². The number of halogens is 2. The van der Waals surface area contributed by atoms with Gasteiger partial charge in [0.25, 0.3) is 16.8 Å². The molecule has 0 bridgehead atoms. The molecule has 0 spiro atoms. The van der Waals surface area contributed by atoms with Gasteiger partial charge in [0, 0.05) is 17.9 Å². The molecule has 0 N–H and O–H groups in total. The van der Waals surface area contributed by atoms with Crippen molar-refractivity contribution in [2.24, 2.45) is 0 Å². The maximum Gasteiger partial charge on any atom is 0.277 e. The van der Waals surface area contributed by atoms with Crippen LogP contribution in [0, 0.1) is 15.9 Å². The Labute approximate surface area is 144 Å². The minimum Gasteiger partial charge on any atom is -0.411 e. The minimum absolute atomic E-state index is 0.0224. The Morgan fingerprint density at radius 2 is 1.96 bits per heavy atom. The lowest BCUT2D eigenvalue weighted by molar-refractivity contribution is -0.384.